The second kappa shape index (κ2) is 7.79. The number of pyridine rings is 1. The Morgan fingerprint density at radius 2 is 1.77 bits per heavy atom. The normalized spacial score (nSPS) is 16.0. The summed E-state index contributed by atoms with van der Waals surface area (Å²) in [5, 5.41) is 1.85. The standard InChI is InChI=1S/C23H20N2O5S/c26-23(16-9-12-25(13-10-16)31(27,28)18-4-3-11-24-15-18)29-17-7-8-22-20(14-17)19-5-1-2-6-21(19)30-22/h1-8,11,14-16H,9-10,12-13H2. The van der Waals surface area contributed by atoms with Gasteiger partial charge in [-0.1, -0.05) is 18.2 Å². The minimum absolute atomic E-state index is 0.164. The lowest BCUT2D eigenvalue weighted by molar-refractivity contribution is -0.140. The van der Waals surface area contributed by atoms with Crippen LogP contribution in [-0.4, -0.2) is 36.8 Å². The van der Waals surface area contributed by atoms with E-state index in [1.807, 2.05) is 24.3 Å². The Labute approximate surface area is 179 Å². The van der Waals surface area contributed by atoms with E-state index in [1.165, 1.54) is 22.8 Å². The van der Waals surface area contributed by atoms with Crippen LogP contribution >= 0.6 is 0 Å². The second-order valence-electron chi connectivity index (χ2n) is 7.54. The van der Waals surface area contributed by atoms with Crippen molar-refractivity contribution in [2.75, 3.05) is 13.1 Å². The molecule has 0 N–H and O–H groups in total. The lowest BCUT2D eigenvalue weighted by atomic mass is 9.98. The topological polar surface area (TPSA) is 89.7 Å². The summed E-state index contributed by atoms with van der Waals surface area (Å²) in [6.07, 6.45) is 3.70. The molecule has 8 heteroatoms. The number of hydrogen-bond donors (Lipinski definition) is 0. The quantitative estimate of drug-likeness (QED) is 0.355. The molecule has 2 aromatic carbocycles. The van der Waals surface area contributed by atoms with Gasteiger partial charge in [0.25, 0.3) is 0 Å². The van der Waals surface area contributed by atoms with E-state index in [2.05, 4.69) is 4.98 Å². The van der Waals surface area contributed by atoms with Crippen LogP contribution in [0.5, 0.6) is 5.75 Å². The van der Waals surface area contributed by atoms with Crippen molar-refractivity contribution < 1.29 is 22.4 Å². The molecule has 0 spiro atoms. The Kier molecular flexibility index (Phi) is 4.95. The van der Waals surface area contributed by atoms with Gasteiger partial charge in [-0.25, -0.2) is 8.42 Å². The Hall–Kier alpha value is -3.23. The average Bonchev–Trinajstić information content (AvgIpc) is 3.18. The van der Waals surface area contributed by atoms with Crippen LogP contribution in [0.25, 0.3) is 21.9 Å². The molecule has 3 heterocycles. The third-order valence-electron chi connectivity index (χ3n) is 5.63. The summed E-state index contributed by atoms with van der Waals surface area (Å²) in [5.74, 6) is -0.239. The first-order valence-electron chi connectivity index (χ1n) is 10.1. The Morgan fingerprint density at radius 1 is 1.00 bits per heavy atom. The molecule has 0 saturated carbocycles. The zero-order valence-corrected chi connectivity index (χ0v) is 17.4. The molecule has 0 aliphatic carbocycles. The van der Waals surface area contributed by atoms with Gasteiger partial charge in [0.15, 0.2) is 0 Å². The summed E-state index contributed by atoms with van der Waals surface area (Å²) in [6, 6.07) is 16.1. The number of hydrogen-bond acceptors (Lipinski definition) is 6. The van der Waals surface area contributed by atoms with Crippen molar-refractivity contribution in [2.45, 2.75) is 17.7 Å². The number of fused-ring (bicyclic) bond motifs is 3. The van der Waals surface area contributed by atoms with Crippen LogP contribution < -0.4 is 4.74 Å². The zero-order chi connectivity index (χ0) is 21.4. The van der Waals surface area contributed by atoms with Gasteiger partial charge < -0.3 is 9.15 Å². The molecule has 1 saturated heterocycles. The van der Waals surface area contributed by atoms with E-state index >= 15 is 0 Å². The highest BCUT2D eigenvalue weighted by Crippen LogP contribution is 2.32. The van der Waals surface area contributed by atoms with Crippen molar-refractivity contribution in [3.63, 3.8) is 0 Å². The van der Waals surface area contributed by atoms with E-state index in [4.69, 9.17) is 9.15 Å². The monoisotopic (exact) mass is 436 g/mol. The van der Waals surface area contributed by atoms with Crippen molar-refractivity contribution in [1.29, 1.82) is 0 Å². The van der Waals surface area contributed by atoms with Gasteiger partial charge >= 0.3 is 5.97 Å². The zero-order valence-electron chi connectivity index (χ0n) is 16.6. The lowest BCUT2D eigenvalue weighted by Gasteiger charge is -2.29. The molecule has 2 aromatic heterocycles. The van der Waals surface area contributed by atoms with Crippen molar-refractivity contribution in [2.24, 2.45) is 5.92 Å². The van der Waals surface area contributed by atoms with Gasteiger partial charge in [0.1, 0.15) is 21.8 Å². The predicted octanol–water partition coefficient (Wildman–Crippen LogP) is 3.99. The Bertz CT molecular complexity index is 1360. The maximum absolute atomic E-state index is 12.7. The molecular formula is C23H20N2O5S. The molecule has 0 atom stereocenters. The number of piperidine rings is 1. The number of ether oxygens (including phenoxy) is 1. The van der Waals surface area contributed by atoms with E-state index in [9.17, 15) is 13.2 Å². The van der Waals surface area contributed by atoms with Crippen molar-refractivity contribution in [1.82, 2.24) is 9.29 Å². The average molecular weight is 436 g/mol. The molecule has 1 fully saturated rings. The number of rotatable bonds is 4. The summed E-state index contributed by atoms with van der Waals surface area (Å²) < 4.78 is 38.3. The van der Waals surface area contributed by atoms with Crippen molar-refractivity contribution in [3.8, 4) is 5.75 Å². The molecule has 0 unspecified atom stereocenters. The maximum Gasteiger partial charge on any atom is 0.314 e. The maximum atomic E-state index is 12.7. The van der Waals surface area contributed by atoms with Crippen LogP contribution in [0, 0.1) is 5.92 Å². The van der Waals surface area contributed by atoms with E-state index < -0.39 is 10.0 Å². The van der Waals surface area contributed by atoms with Gasteiger partial charge in [0.2, 0.25) is 10.0 Å². The van der Waals surface area contributed by atoms with Gasteiger partial charge in [0, 0.05) is 36.3 Å². The number of nitrogens with zero attached hydrogens (tertiary/aromatic N) is 2. The van der Waals surface area contributed by atoms with Crippen LogP contribution in [0.3, 0.4) is 0 Å². The van der Waals surface area contributed by atoms with E-state index in [-0.39, 0.29) is 29.9 Å². The van der Waals surface area contributed by atoms with Crippen LogP contribution in [0.1, 0.15) is 12.8 Å². The third kappa shape index (κ3) is 3.68. The fourth-order valence-corrected chi connectivity index (χ4v) is 5.38. The highest BCUT2D eigenvalue weighted by atomic mass is 32.2. The number of carbonyl (C=O) groups excluding carboxylic acids is 1. The van der Waals surface area contributed by atoms with Crippen molar-refractivity contribution in [3.05, 3.63) is 67.0 Å². The fourth-order valence-electron chi connectivity index (χ4n) is 3.95. The van der Waals surface area contributed by atoms with Gasteiger partial charge in [0.05, 0.1) is 5.92 Å². The van der Waals surface area contributed by atoms with E-state index in [1.54, 1.807) is 24.3 Å². The van der Waals surface area contributed by atoms with Crippen LogP contribution in [0.15, 0.2) is 76.3 Å². The third-order valence-corrected chi connectivity index (χ3v) is 7.51. The molecule has 31 heavy (non-hydrogen) atoms. The first kappa shape index (κ1) is 19.7. The summed E-state index contributed by atoms with van der Waals surface area (Å²) >= 11 is 0. The molecule has 1 aliphatic rings. The molecule has 158 valence electrons. The molecule has 0 bridgehead atoms. The summed E-state index contributed by atoms with van der Waals surface area (Å²) in [5.41, 5.74) is 1.51. The van der Waals surface area contributed by atoms with Crippen LogP contribution in [-0.2, 0) is 14.8 Å². The summed E-state index contributed by atoms with van der Waals surface area (Å²) in [7, 11) is -3.60. The van der Waals surface area contributed by atoms with E-state index in [0.29, 0.717) is 18.6 Å². The molecular weight excluding hydrogens is 416 g/mol. The Morgan fingerprint density at radius 3 is 2.55 bits per heavy atom. The van der Waals surface area contributed by atoms with Crippen molar-refractivity contribution >= 4 is 37.9 Å². The summed E-state index contributed by atoms with van der Waals surface area (Å²) in [6.45, 7) is 0.533. The minimum Gasteiger partial charge on any atom is -0.456 e. The molecule has 0 radical (unpaired) electrons. The summed E-state index contributed by atoms with van der Waals surface area (Å²) in [4.78, 5) is 16.8. The fraction of sp³-hybridized carbons (Fsp3) is 0.217. The number of esters is 1. The number of aromatic nitrogens is 1. The number of para-hydroxylation sites is 1. The highest BCUT2D eigenvalue weighted by Gasteiger charge is 2.33. The molecule has 1 aliphatic heterocycles. The van der Waals surface area contributed by atoms with Gasteiger partial charge in [-0.2, -0.15) is 4.31 Å². The number of benzene rings is 2. The number of carbonyl (C=O) groups is 1. The van der Waals surface area contributed by atoms with Gasteiger partial charge in [-0.15, -0.1) is 0 Å². The molecule has 5 rings (SSSR count). The van der Waals surface area contributed by atoms with Crippen LogP contribution in [0.4, 0.5) is 0 Å². The minimum atomic E-state index is -3.60. The Balaban J connectivity index is 1.27. The molecule has 4 aromatic rings. The number of sulfonamides is 1. The smallest absolute Gasteiger partial charge is 0.314 e. The predicted molar refractivity (Wildman–Crippen MR) is 115 cm³/mol. The SMILES string of the molecule is O=C(Oc1ccc2oc3ccccc3c2c1)C1CCN(S(=O)(=O)c2cccnc2)CC1. The van der Waals surface area contributed by atoms with E-state index in [0.717, 1.165) is 21.9 Å². The first-order valence-corrected chi connectivity index (χ1v) is 11.5. The molecule has 0 amide bonds. The first-order chi connectivity index (χ1) is 15.0. The number of furan rings is 1. The van der Waals surface area contributed by atoms with Crippen LogP contribution in [0.2, 0.25) is 0 Å². The second-order valence-corrected chi connectivity index (χ2v) is 9.48. The van der Waals surface area contributed by atoms with Gasteiger partial charge in [-0.05, 0) is 49.2 Å². The largest absolute Gasteiger partial charge is 0.456 e. The highest BCUT2D eigenvalue weighted by molar-refractivity contribution is 7.89. The van der Waals surface area contributed by atoms with Gasteiger partial charge in [-0.3, -0.25) is 9.78 Å². The lowest BCUT2D eigenvalue weighted by Crippen LogP contribution is -2.41. The molecule has 7 nitrogen and oxygen atoms in total.